The van der Waals surface area contributed by atoms with Gasteiger partial charge < -0.3 is 5.32 Å². The van der Waals surface area contributed by atoms with Crippen molar-refractivity contribution in [3.63, 3.8) is 0 Å². The molecule has 9 heavy (non-hydrogen) atoms. The number of rotatable bonds is 0. The van der Waals surface area contributed by atoms with Crippen molar-refractivity contribution in [3.8, 4) is 0 Å². The van der Waals surface area contributed by atoms with Crippen LogP contribution in [0, 0.1) is 0 Å². The fourth-order valence-electron chi connectivity index (χ4n) is 0.263. The number of hydrogen-bond donors (Lipinski definition) is 1. The molecule has 48 valence electrons. The van der Waals surface area contributed by atoms with Crippen LogP contribution in [0.3, 0.4) is 0 Å². The molecule has 1 aromatic rings. The van der Waals surface area contributed by atoms with Crippen LogP contribution < -0.4 is 5.32 Å². The van der Waals surface area contributed by atoms with E-state index in [1.54, 1.807) is 11.3 Å². The molecule has 1 saturated heterocycles. The molecule has 1 fully saturated rings. The van der Waals surface area contributed by atoms with Crippen LogP contribution in [0.5, 0.6) is 0 Å². The van der Waals surface area contributed by atoms with Crippen LogP contribution in [0.2, 0.25) is 0 Å². The highest BCUT2D eigenvalue weighted by molar-refractivity contribution is 7.07. The molecule has 2 nitrogen and oxygen atoms in total. The molecule has 2 heterocycles. The fourth-order valence-corrected chi connectivity index (χ4v) is 0.716. The minimum atomic E-state index is 0.167. The average Bonchev–Trinajstić information content (AvgIpc) is 2.52. The molecule has 1 aliphatic heterocycles. The summed E-state index contributed by atoms with van der Waals surface area (Å²) in [5, 5.41) is 6.54. The number of nitrogens with one attached hydrogen (secondary N) is 1. The maximum absolute atomic E-state index is 9.44. The van der Waals surface area contributed by atoms with E-state index in [1.165, 1.54) is 0 Å². The van der Waals surface area contributed by atoms with Crippen molar-refractivity contribution in [2.75, 3.05) is 6.54 Å². The van der Waals surface area contributed by atoms with Crippen molar-refractivity contribution in [2.24, 2.45) is 0 Å². The quantitative estimate of drug-likeness (QED) is 0.535. The maximum atomic E-state index is 9.44. The minimum Gasteiger partial charge on any atom is -0.346 e. The van der Waals surface area contributed by atoms with Gasteiger partial charge in [0.15, 0.2) is 0 Å². The molecule has 2 rings (SSSR count). The molecular weight excluding hydrogens is 134 g/mol. The second-order valence-corrected chi connectivity index (χ2v) is 2.39. The predicted octanol–water partition coefficient (Wildman–Crippen LogP) is 0.864. The summed E-state index contributed by atoms with van der Waals surface area (Å²) >= 11 is 1.71. The lowest BCUT2D eigenvalue weighted by molar-refractivity contribution is -0.110. The Morgan fingerprint density at radius 3 is 2.00 bits per heavy atom. The first kappa shape index (κ1) is 6.29. The molecule has 0 saturated carbocycles. The molecule has 1 N–H and O–H groups in total. The van der Waals surface area contributed by atoms with Crippen LogP contribution in [0.15, 0.2) is 22.9 Å². The second kappa shape index (κ2) is 3.25. The van der Waals surface area contributed by atoms with E-state index in [0.717, 1.165) is 0 Å². The minimum absolute atomic E-state index is 0.167. The van der Waals surface area contributed by atoms with Gasteiger partial charge in [0.05, 0.1) is 6.54 Å². The van der Waals surface area contributed by atoms with Crippen molar-refractivity contribution < 1.29 is 4.79 Å². The SMILES string of the molecule is O=C1CN1.c1ccsc1. The van der Waals surface area contributed by atoms with Gasteiger partial charge in [-0.15, -0.1) is 0 Å². The molecule has 1 aromatic heterocycles. The normalized spacial score (nSPS) is 13.1. The predicted molar refractivity (Wildman–Crippen MR) is 37.3 cm³/mol. The van der Waals surface area contributed by atoms with Gasteiger partial charge in [0.1, 0.15) is 0 Å². The van der Waals surface area contributed by atoms with Gasteiger partial charge in [-0.2, -0.15) is 11.3 Å². The fraction of sp³-hybridized carbons (Fsp3) is 0.167. The first-order valence-electron chi connectivity index (χ1n) is 2.63. The largest absolute Gasteiger partial charge is 0.346 e. The zero-order chi connectivity index (χ0) is 6.53. The summed E-state index contributed by atoms with van der Waals surface area (Å²) in [4.78, 5) is 9.44. The molecule has 1 aliphatic rings. The van der Waals surface area contributed by atoms with Gasteiger partial charge in [-0.25, -0.2) is 0 Å². The molecule has 0 unspecified atom stereocenters. The molecule has 0 atom stereocenters. The van der Waals surface area contributed by atoms with E-state index in [1.807, 2.05) is 22.9 Å². The Morgan fingerprint density at radius 2 is 1.89 bits per heavy atom. The average molecular weight is 141 g/mol. The third-order valence-corrected chi connectivity index (χ3v) is 1.38. The summed E-state index contributed by atoms with van der Waals surface area (Å²) in [6, 6.07) is 4.04. The van der Waals surface area contributed by atoms with E-state index in [-0.39, 0.29) is 5.91 Å². The molecule has 0 bridgehead atoms. The molecule has 0 radical (unpaired) electrons. The van der Waals surface area contributed by atoms with Crippen LogP contribution in [0.25, 0.3) is 0 Å². The molecule has 0 aromatic carbocycles. The van der Waals surface area contributed by atoms with Gasteiger partial charge in [0.2, 0.25) is 5.91 Å². The Morgan fingerprint density at radius 1 is 1.44 bits per heavy atom. The highest BCUT2D eigenvalue weighted by Gasteiger charge is 2.10. The summed E-state index contributed by atoms with van der Waals surface area (Å²) in [6.45, 7) is 0.597. The van der Waals surface area contributed by atoms with Gasteiger partial charge in [-0.05, 0) is 10.8 Å². The van der Waals surface area contributed by atoms with Gasteiger partial charge in [0.25, 0.3) is 0 Å². The summed E-state index contributed by atoms with van der Waals surface area (Å²) in [5.41, 5.74) is 0. The van der Waals surface area contributed by atoms with E-state index >= 15 is 0 Å². The van der Waals surface area contributed by atoms with Crippen molar-refractivity contribution >= 4 is 17.2 Å². The Kier molecular flexibility index (Phi) is 2.27. The number of carbonyl (C=O) groups excluding carboxylic acids is 1. The first-order chi connectivity index (χ1) is 4.39. The van der Waals surface area contributed by atoms with Crippen LogP contribution in [0.1, 0.15) is 0 Å². The number of hydrogen-bond acceptors (Lipinski definition) is 2. The Hall–Kier alpha value is -0.830. The molecule has 0 spiro atoms. The van der Waals surface area contributed by atoms with Crippen LogP contribution in [-0.4, -0.2) is 12.5 Å². The molecule has 0 aliphatic carbocycles. The van der Waals surface area contributed by atoms with Crippen molar-refractivity contribution in [1.82, 2.24) is 5.32 Å². The van der Waals surface area contributed by atoms with Gasteiger partial charge >= 0.3 is 0 Å². The molecular formula is C6H7NOS. The van der Waals surface area contributed by atoms with E-state index in [9.17, 15) is 4.79 Å². The summed E-state index contributed by atoms with van der Waals surface area (Å²) in [6.07, 6.45) is 0. The lowest BCUT2D eigenvalue weighted by Gasteiger charge is -1.39. The smallest absolute Gasteiger partial charge is 0.239 e. The van der Waals surface area contributed by atoms with Gasteiger partial charge in [-0.1, -0.05) is 12.1 Å². The summed E-state index contributed by atoms with van der Waals surface area (Å²) in [5.74, 6) is 0.167. The van der Waals surface area contributed by atoms with Crippen molar-refractivity contribution in [2.45, 2.75) is 0 Å². The van der Waals surface area contributed by atoms with Crippen LogP contribution in [-0.2, 0) is 4.79 Å². The maximum Gasteiger partial charge on any atom is 0.239 e. The third-order valence-electron chi connectivity index (χ3n) is 0.746. The van der Waals surface area contributed by atoms with E-state index < -0.39 is 0 Å². The van der Waals surface area contributed by atoms with E-state index in [0.29, 0.717) is 6.54 Å². The standard InChI is InChI=1S/C4H4S.C2H3NO/c1-2-4-5-3-1;4-2-1-3-2/h1-4H;1H2,(H,3,4). The summed E-state index contributed by atoms with van der Waals surface area (Å²) < 4.78 is 0. The zero-order valence-corrected chi connectivity index (χ0v) is 5.65. The highest BCUT2D eigenvalue weighted by atomic mass is 32.1. The lowest BCUT2D eigenvalue weighted by Crippen LogP contribution is -1.66. The van der Waals surface area contributed by atoms with E-state index in [2.05, 4.69) is 5.32 Å². The second-order valence-electron chi connectivity index (χ2n) is 1.57. The topological polar surface area (TPSA) is 39.0 Å². The third kappa shape index (κ3) is 3.73. The van der Waals surface area contributed by atoms with Crippen LogP contribution in [0.4, 0.5) is 0 Å². The molecule has 3 heteroatoms. The Labute approximate surface area is 57.5 Å². The van der Waals surface area contributed by atoms with E-state index in [4.69, 9.17) is 0 Å². The monoisotopic (exact) mass is 141 g/mol. The van der Waals surface area contributed by atoms with Crippen molar-refractivity contribution in [1.29, 1.82) is 0 Å². The number of amides is 1. The number of thiophene rings is 1. The van der Waals surface area contributed by atoms with Crippen molar-refractivity contribution in [3.05, 3.63) is 22.9 Å². The van der Waals surface area contributed by atoms with Crippen LogP contribution >= 0.6 is 11.3 Å². The summed E-state index contributed by atoms with van der Waals surface area (Å²) in [7, 11) is 0. The van der Waals surface area contributed by atoms with Gasteiger partial charge in [-0.3, -0.25) is 4.79 Å². The molecule has 1 amide bonds. The zero-order valence-electron chi connectivity index (χ0n) is 4.83. The lowest BCUT2D eigenvalue weighted by atomic mass is 10.7. The Bertz CT molecular complexity index is 148. The highest BCUT2D eigenvalue weighted by Crippen LogP contribution is 1.91. The number of carbonyl (C=O) groups is 1. The first-order valence-corrected chi connectivity index (χ1v) is 3.58. The Balaban J connectivity index is 0.0000000922. The van der Waals surface area contributed by atoms with Gasteiger partial charge in [0, 0.05) is 0 Å².